The van der Waals surface area contributed by atoms with Gasteiger partial charge < -0.3 is 9.88 Å². The molecule has 1 N–H and O–H groups in total. The predicted octanol–water partition coefficient (Wildman–Crippen LogP) is 7.34. The highest BCUT2D eigenvalue weighted by molar-refractivity contribution is 7.07. The number of aromatic nitrogens is 2. The van der Waals surface area contributed by atoms with E-state index in [0.29, 0.717) is 32.7 Å². The van der Waals surface area contributed by atoms with Gasteiger partial charge in [-0.3, -0.25) is 14.2 Å². The predicted molar refractivity (Wildman–Crippen MR) is 176 cm³/mol. The molecule has 5 rings (SSSR count). The lowest BCUT2D eigenvalue weighted by atomic mass is 10.1. The van der Waals surface area contributed by atoms with Gasteiger partial charge in [-0.1, -0.05) is 54.4 Å². The number of halogens is 5. The molecule has 0 spiro atoms. The van der Waals surface area contributed by atoms with Crippen LogP contribution in [0.2, 0.25) is 10.0 Å². The third-order valence-corrected chi connectivity index (χ3v) is 9.00. The van der Waals surface area contributed by atoms with E-state index in [-0.39, 0.29) is 9.20 Å². The fourth-order valence-electron chi connectivity index (χ4n) is 5.09. The molecule has 0 saturated heterocycles. The maximum Gasteiger partial charge on any atom is 0.418 e. The van der Waals surface area contributed by atoms with Gasteiger partial charge in [0, 0.05) is 22.1 Å². The van der Waals surface area contributed by atoms with Crippen LogP contribution in [0.3, 0.4) is 0 Å². The fourth-order valence-corrected chi connectivity index (χ4v) is 6.55. The standard InChI is InChI=1S/C34H25Cl2F3N4O2S/c1-4-21-9-12-24(13-10-21)41-31(44)25(18-40)33-43(28-8-6-5-7-26(28)34(37,38)39)32(45)30(46-33)16-22-15-19(2)42(20(22)3)29-17-23(35)11-14-27(29)36/h5-17H,4H2,1-3H3,(H,41,44)/b30-16-,33-25+. The zero-order chi connectivity index (χ0) is 33.3. The van der Waals surface area contributed by atoms with Crippen LogP contribution in [0.5, 0.6) is 0 Å². The van der Waals surface area contributed by atoms with E-state index in [1.54, 1.807) is 43.3 Å². The van der Waals surface area contributed by atoms with Crippen LogP contribution in [-0.4, -0.2) is 15.0 Å². The highest BCUT2D eigenvalue weighted by atomic mass is 35.5. The summed E-state index contributed by atoms with van der Waals surface area (Å²) in [6.45, 7) is 5.60. The van der Waals surface area contributed by atoms with Crippen molar-refractivity contribution in [3.63, 3.8) is 0 Å². The normalized spacial score (nSPS) is 12.6. The third-order valence-electron chi connectivity index (χ3n) is 7.35. The molecule has 12 heteroatoms. The number of nitrogens with one attached hydrogen (secondary N) is 1. The molecular formula is C34H25Cl2F3N4O2S. The molecular weight excluding hydrogens is 656 g/mol. The molecule has 0 aliphatic heterocycles. The van der Waals surface area contributed by atoms with Gasteiger partial charge in [-0.15, -0.1) is 11.3 Å². The summed E-state index contributed by atoms with van der Waals surface area (Å²) < 4.78 is 44.9. The molecule has 5 aromatic rings. The Morgan fingerprint density at radius 3 is 2.35 bits per heavy atom. The highest BCUT2D eigenvalue weighted by Crippen LogP contribution is 2.33. The number of carbonyl (C=O) groups excluding carboxylic acids is 1. The van der Waals surface area contributed by atoms with Gasteiger partial charge in [0.05, 0.1) is 26.5 Å². The number of anilines is 1. The summed E-state index contributed by atoms with van der Waals surface area (Å²) in [5.41, 5.74) is 1.08. The van der Waals surface area contributed by atoms with Crippen LogP contribution in [-0.2, 0) is 17.4 Å². The average molecular weight is 682 g/mol. The second kappa shape index (κ2) is 13.0. The topological polar surface area (TPSA) is 79.8 Å². The van der Waals surface area contributed by atoms with E-state index in [0.717, 1.165) is 45.7 Å². The number of rotatable bonds is 6. The minimum Gasteiger partial charge on any atom is -0.321 e. The lowest BCUT2D eigenvalue weighted by Gasteiger charge is -2.13. The number of amides is 1. The average Bonchev–Trinajstić information content (AvgIpc) is 3.48. The molecule has 0 saturated carbocycles. The van der Waals surface area contributed by atoms with Crippen molar-refractivity contribution in [2.24, 2.45) is 0 Å². The van der Waals surface area contributed by atoms with Gasteiger partial charge in [0.25, 0.3) is 11.5 Å². The molecule has 6 nitrogen and oxygen atoms in total. The van der Waals surface area contributed by atoms with Crippen molar-refractivity contribution < 1.29 is 18.0 Å². The van der Waals surface area contributed by atoms with Crippen molar-refractivity contribution in [1.29, 1.82) is 5.26 Å². The van der Waals surface area contributed by atoms with Gasteiger partial charge in [-0.05, 0) is 86.0 Å². The largest absolute Gasteiger partial charge is 0.418 e. The maximum atomic E-state index is 14.2. The second-order valence-electron chi connectivity index (χ2n) is 10.3. The van der Waals surface area contributed by atoms with Crippen molar-refractivity contribution in [2.75, 3.05) is 5.32 Å². The van der Waals surface area contributed by atoms with Crippen LogP contribution >= 0.6 is 34.5 Å². The van der Waals surface area contributed by atoms with E-state index in [2.05, 4.69) is 5.32 Å². The third kappa shape index (κ3) is 6.40. The number of para-hydroxylation sites is 1. The number of hydrogen-bond acceptors (Lipinski definition) is 4. The quantitative estimate of drug-likeness (QED) is 0.204. The van der Waals surface area contributed by atoms with Crippen molar-refractivity contribution in [1.82, 2.24) is 9.13 Å². The molecule has 0 aliphatic carbocycles. The van der Waals surface area contributed by atoms with E-state index < -0.39 is 34.5 Å². The summed E-state index contributed by atoms with van der Waals surface area (Å²) in [6, 6.07) is 20.1. The Labute approximate surface area is 275 Å². The maximum absolute atomic E-state index is 14.2. The lowest BCUT2D eigenvalue weighted by Crippen LogP contribution is -2.33. The zero-order valence-electron chi connectivity index (χ0n) is 24.7. The lowest BCUT2D eigenvalue weighted by molar-refractivity contribution is -0.137. The Balaban J connectivity index is 1.78. The molecule has 0 unspecified atom stereocenters. The van der Waals surface area contributed by atoms with E-state index in [1.807, 2.05) is 36.6 Å². The van der Waals surface area contributed by atoms with Gasteiger partial charge in [0.15, 0.2) is 5.57 Å². The van der Waals surface area contributed by atoms with Crippen LogP contribution in [0, 0.1) is 25.2 Å². The van der Waals surface area contributed by atoms with Crippen molar-refractivity contribution in [3.8, 4) is 17.4 Å². The number of carbonyl (C=O) groups is 1. The van der Waals surface area contributed by atoms with Gasteiger partial charge in [0.2, 0.25) is 0 Å². The van der Waals surface area contributed by atoms with Crippen molar-refractivity contribution in [3.05, 3.63) is 130 Å². The summed E-state index contributed by atoms with van der Waals surface area (Å²) in [4.78, 5) is 27.4. The number of nitrogens with zero attached hydrogens (tertiary/aromatic N) is 3. The molecule has 0 radical (unpaired) electrons. The number of aryl methyl sites for hydroxylation is 2. The van der Waals surface area contributed by atoms with Crippen LogP contribution in [0.25, 0.3) is 23.0 Å². The smallest absolute Gasteiger partial charge is 0.321 e. The first kappa shape index (κ1) is 32.8. The van der Waals surface area contributed by atoms with E-state index >= 15 is 0 Å². The molecule has 46 heavy (non-hydrogen) atoms. The Hall–Kier alpha value is -4.56. The number of alkyl halides is 3. The Morgan fingerprint density at radius 1 is 1.00 bits per heavy atom. The van der Waals surface area contributed by atoms with Crippen LogP contribution < -0.4 is 20.1 Å². The summed E-state index contributed by atoms with van der Waals surface area (Å²) in [5, 5.41) is 13.7. The first-order valence-corrected chi connectivity index (χ1v) is 15.5. The summed E-state index contributed by atoms with van der Waals surface area (Å²) >= 11 is 13.4. The van der Waals surface area contributed by atoms with Crippen molar-refractivity contribution in [2.45, 2.75) is 33.4 Å². The van der Waals surface area contributed by atoms with Crippen molar-refractivity contribution >= 4 is 57.8 Å². The first-order valence-electron chi connectivity index (χ1n) is 13.9. The molecule has 2 aromatic heterocycles. The zero-order valence-corrected chi connectivity index (χ0v) is 27.0. The van der Waals surface area contributed by atoms with E-state index in [1.165, 1.54) is 18.2 Å². The van der Waals surface area contributed by atoms with Crippen LogP contribution in [0.15, 0.2) is 77.6 Å². The molecule has 0 aliphatic rings. The number of thiazole rings is 1. The van der Waals surface area contributed by atoms with Crippen LogP contribution in [0.4, 0.5) is 18.9 Å². The molecule has 0 bridgehead atoms. The molecule has 1 amide bonds. The second-order valence-corrected chi connectivity index (χ2v) is 12.2. The summed E-state index contributed by atoms with van der Waals surface area (Å²) in [5.74, 6) is -0.869. The minimum absolute atomic E-state index is 0.0114. The number of benzene rings is 3. The first-order chi connectivity index (χ1) is 21.8. The van der Waals surface area contributed by atoms with E-state index in [9.17, 15) is 28.0 Å². The molecule has 234 valence electrons. The summed E-state index contributed by atoms with van der Waals surface area (Å²) in [6.07, 6.45) is -2.52. The highest BCUT2D eigenvalue weighted by Gasteiger charge is 2.34. The number of nitriles is 1. The minimum atomic E-state index is -4.82. The monoisotopic (exact) mass is 680 g/mol. The Kier molecular flexibility index (Phi) is 9.31. The molecule has 0 atom stereocenters. The van der Waals surface area contributed by atoms with E-state index in [4.69, 9.17) is 23.2 Å². The van der Waals surface area contributed by atoms with Crippen LogP contribution in [0.1, 0.15) is 35.0 Å². The fraction of sp³-hybridized carbons (Fsp3) is 0.147. The Morgan fingerprint density at radius 2 is 1.70 bits per heavy atom. The molecule has 3 aromatic carbocycles. The Bertz CT molecular complexity index is 2210. The molecule has 2 heterocycles. The molecule has 0 fully saturated rings. The van der Waals surface area contributed by atoms with Gasteiger partial charge >= 0.3 is 6.18 Å². The van der Waals surface area contributed by atoms with Gasteiger partial charge in [0.1, 0.15) is 10.7 Å². The summed E-state index contributed by atoms with van der Waals surface area (Å²) in [7, 11) is 0. The van der Waals surface area contributed by atoms with Gasteiger partial charge in [-0.2, -0.15) is 18.4 Å². The SMILES string of the molecule is CCc1ccc(NC(=O)/C(C#N)=c2/s/c(=C\c3cc(C)n(-c4cc(Cl)ccc4Cl)c3C)c(=O)n2-c2ccccc2C(F)(F)F)cc1. The number of hydrogen-bond donors (Lipinski definition) is 1. The van der Waals surface area contributed by atoms with Gasteiger partial charge in [-0.25, -0.2) is 0 Å².